The standard InChI is InChI=1S/C17H19N5O/c1-2-16-15(19-5-7-21(16)6-1)10-14-11-22(8-9-23-12-14)17-3-4-18-13-20-17/h1-7,13-14H,8-12H2/t14-/m0/s1. The van der Waals surface area contributed by atoms with Gasteiger partial charge in [0.1, 0.15) is 12.1 Å². The van der Waals surface area contributed by atoms with E-state index in [9.17, 15) is 0 Å². The van der Waals surface area contributed by atoms with Crippen molar-refractivity contribution in [1.82, 2.24) is 19.4 Å². The molecule has 3 aromatic rings. The zero-order chi connectivity index (χ0) is 15.5. The zero-order valence-electron chi connectivity index (χ0n) is 12.9. The first-order chi connectivity index (χ1) is 11.4. The fourth-order valence-corrected chi connectivity index (χ4v) is 3.14. The highest BCUT2D eigenvalue weighted by molar-refractivity contribution is 5.52. The third-order valence-corrected chi connectivity index (χ3v) is 4.24. The molecule has 1 aliphatic heterocycles. The second-order valence-electron chi connectivity index (χ2n) is 5.83. The zero-order valence-corrected chi connectivity index (χ0v) is 12.9. The van der Waals surface area contributed by atoms with E-state index in [4.69, 9.17) is 4.74 Å². The van der Waals surface area contributed by atoms with Crippen molar-refractivity contribution < 1.29 is 4.74 Å². The summed E-state index contributed by atoms with van der Waals surface area (Å²) in [6.45, 7) is 3.25. The fourth-order valence-electron chi connectivity index (χ4n) is 3.14. The molecule has 1 saturated heterocycles. The molecule has 0 spiro atoms. The van der Waals surface area contributed by atoms with Crippen LogP contribution < -0.4 is 4.90 Å². The number of nitrogens with zero attached hydrogens (tertiary/aromatic N) is 5. The summed E-state index contributed by atoms with van der Waals surface area (Å²) in [6.07, 6.45) is 10.2. The van der Waals surface area contributed by atoms with Gasteiger partial charge in [-0.2, -0.15) is 0 Å². The minimum atomic E-state index is 0.390. The van der Waals surface area contributed by atoms with Crippen molar-refractivity contribution in [3.63, 3.8) is 0 Å². The largest absolute Gasteiger partial charge is 0.379 e. The van der Waals surface area contributed by atoms with Crippen molar-refractivity contribution in [2.75, 3.05) is 31.2 Å². The molecule has 118 valence electrons. The lowest BCUT2D eigenvalue weighted by atomic mass is 10.0. The van der Waals surface area contributed by atoms with Gasteiger partial charge in [0.05, 0.1) is 24.4 Å². The summed E-state index contributed by atoms with van der Waals surface area (Å²) >= 11 is 0. The van der Waals surface area contributed by atoms with Crippen LogP contribution in [-0.4, -0.2) is 45.7 Å². The number of anilines is 1. The molecule has 4 rings (SSSR count). The lowest BCUT2D eigenvalue weighted by Gasteiger charge is -2.24. The van der Waals surface area contributed by atoms with Gasteiger partial charge in [-0.1, -0.05) is 0 Å². The van der Waals surface area contributed by atoms with Crippen LogP contribution in [0.25, 0.3) is 5.52 Å². The Kier molecular flexibility index (Phi) is 3.90. The van der Waals surface area contributed by atoms with Crippen LogP contribution in [0.3, 0.4) is 0 Å². The SMILES string of the molecule is c1cc2c(C[C@@H]3COCCN(c4ccncn4)C3)nccn2c1. The smallest absolute Gasteiger partial charge is 0.131 e. The molecule has 0 bridgehead atoms. The van der Waals surface area contributed by atoms with Gasteiger partial charge in [-0.05, 0) is 24.6 Å². The van der Waals surface area contributed by atoms with Crippen LogP contribution in [-0.2, 0) is 11.2 Å². The number of rotatable bonds is 3. The van der Waals surface area contributed by atoms with Crippen LogP contribution in [0.5, 0.6) is 0 Å². The third-order valence-electron chi connectivity index (χ3n) is 4.24. The molecule has 4 heterocycles. The molecule has 0 saturated carbocycles. The van der Waals surface area contributed by atoms with Gasteiger partial charge in [-0.3, -0.25) is 4.98 Å². The molecular weight excluding hydrogens is 290 g/mol. The van der Waals surface area contributed by atoms with E-state index in [0.29, 0.717) is 5.92 Å². The van der Waals surface area contributed by atoms with E-state index in [-0.39, 0.29) is 0 Å². The highest BCUT2D eigenvalue weighted by Crippen LogP contribution is 2.19. The highest BCUT2D eigenvalue weighted by Gasteiger charge is 2.21. The van der Waals surface area contributed by atoms with Crippen molar-refractivity contribution in [3.8, 4) is 0 Å². The van der Waals surface area contributed by atoms with Crippen molar-refractivity contribution in [2.45, 2.75) is 6.42 Å². The molecular formula is C17H19N5O. The van der Waals surface area contributed by atoms with Gasteiger partial charge < -0.3 is 14.0 Å². The van der Waals surface area contributed by atoms with Crippen molar-refractivity contribution >= 4 is 11.3 Å². The first-order valence-corrected chi connectivity index (χ1v) is 7.89. The van der Waals surface area contributed by atoms with Crippen LogP contribution in [0.4, 0.5) is 5.82 Å². The molecule has 23 heavy (non-hydrogen) atoms. The maximum absolute atomic E-state index is 5.80. The molecule has 6 heteroatoms. The lowest BCUT2D eigenvalue weighted by Crippen LogP contribution is -2.31. The molecule has 0 amide bonds. The molecule has 1 aliphatic rings. The molecule has 0 N–H and O–H groups in total. The summed E-state index contributed by atoms with van der Waals surface area (Å²) < 4.78 is 7.92. The van der Waals surface area contributed by atoms with Crippen LogP contribution in [0.1, 0.15) is 5.69 Å². The highest BCUT2D eigenvalue weighted by atomic mass is 16.5. The average molecular weight is 309 g/mol. The van der Waals surface area contributed by atoms with Gasteiger partial charge in [0.2, 0.25) is 0 Å². The summed E-state index contributed by atoms with van der Waals surface area (Å²) in [5.74, 6) is 1.35. The Morgan fingerprint density at radius 2 is 2.17 bits per heavy atom. The summed E-state index contributed by atoms with van der Waals surface area (Å²) in [4.78, 5) is 15.2. The number of aromatic nitrogens is 4. The van der Waals surface area contributed by atoms with E-state index < -0.39 is 0 Å². The van der Waals surface area contributed by atoms with E-state index in [0.717, 1.165) is 44.2 Å². The second-order valence-corrected chi connectivity index (χ2v) is 5.83. The topological polar surface area (TPSA) is 55.5 Å². The van der Waals surface area contributed by atoms with Gasteiger partial charge >= 0.3 is 0 Å². The second kappa shape index (κ2) is 6.34. The molecule has 0 radical (unpaired) electrons. The Bertz CT molecular complexity index is 773. The van der Waals surface area contributed by atoms with Gasteiger partial charge in [0.15, 0.2) is 0 Å². The van der Waals surface area contributed by atoms with Gasteiger partial charge in [-0.25, -0.2) is 9.97 Å². The predicted molar refractivity (Wildman–Crippen MR) is 87.5 cm³/mol. The monoisotopic (exact) mass is 309 g/mol. The number of hydrogen-bond acceptors (Lipinski definition) is 5. The van der Waals surface area contributed by atoms with Gasteiger partial charge in [0, 0.05) is 43.8 Å². The molecule has 1 fully saturated rings. The van der Waals surface area contributed by atoms with Crippen LogP contribution in [0, 0.1) is 5.92 Å². The van der Waals surface area contributed by atoms with Gasteiger partial charge in [0.25, 0.3) is 0 Å². The summed E-state index contributed by atoms with van der Waals surface area (Å²) in [5, 5.41) is 0. The summed E-state index contributed by atoms with van der Waals surface area (Å²) in [6, 6.07) is 6.12. The molecule has 0 unspecified atom stereocenters. The Hall–Kier alpha value is -2.47. The van der Waals surface area contributed by atoms with Crippen molar-refractivity contribution in [3.05, 3.63) is 55.0 Å². The van der Waals surface area contributed by atoms with Crippen molar-refractivity contribution in [1.29, 1.82) is 0 Å². The minimum absolute atomic E-state index is 0.390. The third kappa shape index (κ3) is 3.03. The van der Waals surface area contributed by atoms with E-state index >= 15 is 0 Å². The summed E-state index contributed by atoms with van der Waals surface area (Å²) in [7, 11) is 0. The van der Waals surface area contributed by atoms with E-state index in [1.807, 2.05) is 18.5 Å². The molecule has 3 aromatic heterocycles. The maximum atomic E-state index is 5.80. The molecule has 6 nitrogen and oxygen atoms in total. The van der Waals surface area contributed by atoms with Crippen molar-refractivity contribution in [2.24, 2.45) is 5.92 Å². The average Bonchev–Trinajstić information content (AvgIpc) is 2.96. The van der Waals surface area contributed by atoms with E-state index in [1.54, 1.807) is 12.5 Å². The van der Waals surface area contributed by atoms with E-state index in [1.165, 1.54) is 5.52 Å². The minimum Gasteiger partial charge on any atom is -0.379 e. The number of hydrogen-bond donors (Lipinski definition) is 0. The number of ether oxygens (including phenoxy) is 1. The fraction of sp³-hybridized carbons (Fsp3) is 0.353. The number of fused-ring (bicyclic) bond motifs is 1. The van der Waals surface area contributed by atoms with E-state index in [2.05, 4.69) is 42.6 Å². The van der Waals surface area contributed by atoms with Gasteiger partial charge in [-0.15, -0.1) is 0 Å². The van der Waals surface area contributed by atoms with Crippen LogP contribution in [0.15, 0.2) is 49.3 Å². The normalized spacial score (nSPS) is 19.0. The first kappa shape index (κ1) is 14.1. The maximum Gasteiger partial charge on any atom is 0.131 e. The molecule has 0 aromatic carbocycles. The lowest BCUT2D eigenvalue weighted by molar-refractivity contribution is 0.123. The molecule has 1 atom stereocenters. The summed E-state index contributed by atoms with van der Waals surface area (Å²) in [5.41, 5.74) is 2.29. The Morgan fingerprint density at radius 3 is 3.09 bits per heavy atom. The predicted octanol–water partition coefficient (Wildman–Crippen LogP) is 1.82. The van der Waals surface area contributed by atoms with Crippen LogP contribution >= 0.6 is 0 Å². The Labute approximate surface area is 134 Å². The first-order valence-electron chi connectivity index (χ1n) is 7.89. The van der Waals surface area contributed by atoms with Crippen LogP contribution in [0.2, 0.25) is 0 Å². The Balaban J connectivity index is 1.55. The Morgan fingerprint density at radius 1 is 1.17 bits per heavy atom. The quantitative estimate of drug-likeness (QED) is 0.739. The molecule has 0 aliphatic carbocycles.